The average molecular weight is 518 g/mol. The van der Waals surface area contributed by atoms with Gasteiger partial charge in [0.05, 0.1) is 17.8 Å². The third-order valence-corrected chi connectivity index (χ3v) is 7.55. The molecule has 0 radical (unpaired) electrons. The zero-order valence-corrected chi connectivity index (χ0v) is 21.1. The molecule has 3 rings (SSSR count). The first-order valence-corrected chi connectivity index (χ1v) is 12.8. The Morgan fingerprint density at radius 2 is 1.71 bits per heavy atom. The number of hydrogen-bond acceptors (Lipinski definition) is 4. The molecule has 0 unspecified atom stereocenters. The van der Waals surface area contributed by atoms with E-state index < -0.39 is 22.5 Å². The van der Waals surface area contributed by atoms with Crippen LogP contribution in [0.1, 0.15) is 36.5 Å². The molecule has 0 bridgehead atoms. The van der Waals surface area contributed by atoms with E-state index in [1.165, 1.54) is 30.0 Å². The van der Waals surface area contributed by atoms with Gasteiger partial charge in [0.2, 0.25) is 10.0 Å². The number of rotatable bonds is 9. The number of nitrogens with zero attached hydrogens (tertiary/aromatic N) is 2. The highest BCUT2D eigenvalue weighted by molar-refractivity contribution is 7.89. The number of halogens is 2. The van der Waals surface area contributed by atoms with Gasteiger partial charge in [-0.05, 0) is 40.8 Å². The monoisotopic (exact) mass is 517 g/mol. The van der Waals surface area contributed by atoms with Crippen LogP contribution in [0.2, 0.25) is 10.0 Å². The predicted octanol–water partition coefficient (Wildman–Crippen LogP) is 5.46. The Kier molecular flexibility index (Phi) is 8.85. The number of hydrogen-bond donors (Lipinski definition) is 1. The Morgan fingerprint density at radius 1 is 1.03 bits per heavy atom. The largest absolute Gasteiger partial charge is 0.272 e. The summed E-state index contributed by atoms with van der Waals surface area (Å²) in [4.78, 5) is 12.4. The van der Waals surface area contributed by atoms with Gasteiger partial charge in [-0.3, -0.25) is 4.79 Å². The molecule has 0 saturated carbocycles. The first-order chi connectivity index (χ1) is 16.2. The van der Waals surface area contributed by atoms with Crippen molar-refractivity contribution in [3.63, 3.8) is 0 Å². The zero-order valence-electron chi connectivity index (χ0n) is 18.8. The second-order valence-electron chi connectivity index (χ2n) is 7.95. The van der Waals surface area contributed by atoms with E-state index >= 15 is 0 Å². The third kappa shape index (κ3) is 6.90. The third-order valence-electron chi connectivity index (χ3n) is 5.04. The number of hydrazone groups is 1. The van der Waals surface area contributed by atoms with Crippen molar-refractivity contribution in [3.8, 4) is 0 Å². The van der Waals surface area contributed by atoms with Crippen LogP contribution in [0, 0.1) is 0 Å². The molecule has 0 aliphatic rings. The normalized spacial score (nSPS) is 11.9. The smallest absolute Gasteiger partial charge is 0.255 e. The van der Waals surface area contributed by atoms with Gasteiger partial charge < -0.3 is 0 Å². The predicted molar refractivity (Wildman–Crippen MR) is 137 cm³/mol. The van der Waals surface area contributed by atoms with Crippen molar-refractivity contribution in [2.45, 2.75) is 31.2 Å². The first kappa shape index (κ1) is 25.9. The lowest BCUT2D eigenvalue weighted by atomic mass is 10.0. The van der Waals surface area contributed by atoms with Gasteiger partial charge in [0.25, 0.3) is 5.91 Å². The second-order valence-corrected chi connectivity index (χ2v) is 10.7. The molecule has 0 fully saturated rings. The summed E-state index contributed by atoms with van der Waals surface area (Å²) in [5.41, 5.74) is 5.12. The summed E-state index contributed by atoms with van der Waals surface area (Å²) in [5.74, 6) is -0.177. The SMILES string of the molecule is CC(C)c1ccc(/C=N/NC(=O)CN(Cc2ccccc2)S(=O)(=O)c2cc(Cl)ccc2Cl)cc1. The molecular weight excluding hydrogens is 493 g/mol. The molecule has 0 atom stereocenters. The summed E-state index contributed by atoms with van der Waals surface area (Å²) in [6, 6.07) is 20.9. The number of sulfonamides is 1. The first-order valence-electron chi connectivity index (χ1n) is 10.6. The van der Waals surface area contributed by atoms with E-state index in [1.807, 2.05) is 30.3 Å². The zero-order chi connectivity index (χ0) is 24.7. The maximum atomic E-state index is 13.4. The number of carbonyl (C=O) groups excluding carboxylic acids is 1. The molecule has 1 amide bonds. The fourth-order valence-electron chi connectivity index (χ4n) is 3.17. The van der Waals surface area contributed by atoms with Gasteiger partial charge in [-0.1, -0.05) is 91.6 Å². The molecule has 3 aromatic rings. The maximum Gasteiger partial charge on any atom is 0.255 e. The Balaban J connectivity index is 1.78. The van der Waals surface area contributed by atoms with E-state index in [4.69, 9.17) is 23.2 Å². The van der Waals surface area contributed by atoms with Crippen molar-refractivity contribution >= 4 is 45.3 Å². The molecular formula is C25H25Cl2N3O3S. The molecule has 0 saturated heterocycles. The molecule has 0 spiro atoms. The van der Waals surface area contributed by atoms with E-state index in [0.717, 1.165) is 9.87 Å². The van der Waals surface area contributed by atoms with E-state index in [9.17, 15) is 13.2 Å². The van der Waals surface area contributed by atoms with Crippen molar-refractivity contribution in [2.75, 3.05) is 6.54 Å². The fourth-order valence-corrected chi connectivity index (χ4v) is 5.29. The van der Waals surface area contributed by atoms with Crippen LogP contribution in [0.25, 0.3) is 0 Å². The minimum absolute atomic E-state index is 0.0192. The fraction of sp³-hybridized carbons (Fsp3) is 0.200. The summed E-state index contributed by atoms with van der Waals surface area (Å²) in [6.07, 6.45) is 1.51. The van der Waals surface area contributed by atoms with Crippen LogP contribution in [0.5, 0.6) is 0 Å². The summed E-state index contributed by atoms with van der Waals surface area (Å²) in [6.45, 7) is 3.73. The Hall–Kier alpha value is -2.71. The van der Waals surface area contributed by atoms with Gasteiger partial charge in [0.1, 0.15) is 4.90 Å². The minimum Gasteiger partial charge on any atom is -0.272 e. The molecule has 34 heavy (non-hydrogen) atoms. The second kappa shape index (κ2) is 11.6. The van der Waals surface area contributed by atoms with Gasteiger partial charge in [-0.2, -0.15) is 9.41 Å². The highest BCUT2D eigenvalue weighted by atomic mass is 35.5. The van der Waals surface area contributed by atoms with Gasteiger partial charge in [-0.15, -0.1) is 0 Å². The Bertz CT molecular complexity index is 1260. The number of amides is 1. The van der Waals surface area contributed by atoms with Crippen LogP contribution in [-0.4, -0.2) is 31.4 Å². The van der Waals surface area contributed by atoms with Gasteiger partial charge in [0, 0.05) is 11.6 Å². The molecule has 0 aromatic heterocycles. The van der Waals surface area contributed by atoms with Crippen LogP contribution in [-0.2, 0) is 21.4 Å². The van der Waals surface area contributed by atoms with Crippen LogP contribution in [0.15, 0.2) is 82.8 Å². The molecule has 0 aliphatic heterocycles. The summed E-state index contributed by atoms with van der Waals surface area (Å²) < 4.78 is 27.8. The number of benzene rings is 3. The molecule has 9 heteroatoms. The quantitative estimate of drug-likeness (QED) is 0.302. The van der Waals surface area contributed by atoms with E-state index in [-0.39, 0.29) is 21.5 Å². The average Bonchev–Trinajstić information content (AvgIpc) is 2.81. The Labute approximate surface area is 210 Å². The topological polar surface area (TPSA) is 78.8 Å². The lowest BCUT2D eigenvalue weighted by Crippen LogP contribution is -2.39. The molecule has 178 valence electrons. The molecule has 3 aromatic carbocycles. The maximum absolute atomic E-state index is 13.4. The van der Waals surface area contributed by atoms with Crippen molar-refractivity contribution in [1.82, 2.24) is 9.73 Å². The van der Waals surface area contributed by atoms with Gasteiger partial charge >= 0.3 is 0 Å². The van der Waals surface area contributed by atoms with E-state index in [0.29, 0.717) is 11.5 Å². The summed E-state index contributed by atoms with van der Waals surface area (Å²) >= 11 is 12.2. The number of nitrogens with one attached hydrogen (secondary N) is 1. The lowest BCUT2D eigenvalue weighted by molar-refractivity contribution is -0.121. The van der Waals surface area contributed by atoms with Crippen LogP contribution in [0.3, 0.4) is 0 Å². The molecule has 6 nitrogen and oxygen atoms in total. The van der Waals surface area contributed by atoms with E-state index in [1.54, 1.807) is 24.3 Å². The highest BCUT2D eigenvalue weighted by Crippen LogP contribution is 2.28. The van der Waals surface area contributed by atoms with Crippen LogP contribution >= 0.6 is 23.2 Å². The van der Waals surface area contributed by atoms with Crippen molar-refractivity contribution in [2.24, 2.45) is 5.10 Å². The van der Waals surface area contributed by atoms with E-state index in [2.05, 4.69) is 24.4 Å². The van der Waals surface area contributed by atoms with Crippen molar-refractivity contribution in [1.29, 1.82) is 0 Å². The molecule has 0 heterocycles. The van der Waals surface area contributed by atoms with Crippen molar-refractivity contribution < 1.29 is 13.2 Å². The lowest BCUT2D eigenvalue weighted by Gasteiger charge is -2.22. The Morgan fingerprint density at radius 3 is 2.35 bits per heavy atom. The number of carbonyl (C=O) groups is 1. The molecule has 1 N–H and O–H groups in total. The summed E-state index contributed by atoms with van der Waals surface area (Å²) in [7, 11) is -4.13. The van der Waals surface area contributed by atoms with Gasteiger partial charge in [-0.25, -0.2) is 13.8 Å². The molecule has 0 aliphatic carbocycles. The van der Waals surface area contributed by atoms with Crippen molar-refractivity contribution in [3.05, 3.63) is 99.5 Å². The van der Waals surface area contributed by atoms with Crippen LogP contribution < -0.4 is 5.43 Å². The summed E-state index contributed by atoms with van der Waals surface area (Å²) in [5, 5.41) is 4.21. The minimum atomic E-state index is -4.13. The highest BCUT2D eigenvalue weighted by Gasteiger charge is 2.29. The van der Waals surface area contributed by atoms with Gasteiger partial charge in [0.15, 0.2) is 0 Å². The van der Waals surface area contributed by atoms with Crippen LogP contribution in [0.4, 0.5) is 0 Å². The standard InChI is InChI=1S/C25H25Cl2N3O3S/c1-18(2)21-10-8-19(9-11-21)15-28-29-25(31)17-30(16-20-6-4-3-5-7-20)34(32,33)24-14-22(26)12-13-23(24)27/h3-15,18H,16-17H2,1-2H3,(H,29,31)/b28-15+.